The van der Waals surface area contributed by atoms with Gasteiger partial charge in [-0.15, -0.1) is 0 Å². The van der Waals surface area contributed by atoms with Crippen LogP contribution in [0.15, 0.2) is 0 Å². The molecular formula is C12H23NO5. The fourth-order valence-corrected chi connectivity index (χ4v) is 1.58. The molecule has 0 amide bonds. The van der Waals surface area contributed by atoms with E-state index in [-0.39, 0.29) is 12.8 Å². The SMILES string of the molecule is CCOCCCN(CCCC(=O)O)CCC(=O)O. The van der Waals surface area contributed by atoms with Crippen LogP contribution in [0.25, 0.3) is 0 Å². The van der Waals surface area contributed by atoms with Crippen molar-refractivity contribution in [1.29, 1.82) is 0 Å². The molecule has 0 saturated carbocycles. The molecule has 6 nitrogen and oxygen atoms in total. The number of carboxylic acid groups (broad SMARTS) is 2. The van der Waals surface area contributed by atoms with Crippen molar-refractivity contribution in [2.75, 3.05) is 32.8 Å². The molecule has 106 valence electrons. The number of nitrogens with zero attached hydrogens (tertiary/aromatic N) is 1. The molecule has 0 radical (unpaired) electrons. The van der Waals surface area contributed by atoms with E-state index in [1.165, 1.54) is 0 Å². The van der Waals surface area contributed by atoms with Gasteiger partial charge in [-0.3, -0.25) is 9.59 Å². The maximum absolute atomic E-state index is 10.5. The van der Waals surface area contributed by atoms with Gasteiger partial charge in [0.15, 0.2) is 0 Å². The maximum Gasteiger partial charge on any atom is 0.304 e. The second-order valence-electron chi connectivity index (χ2n) is 4.03. The minimum Gasteiger partial charge on any atom is -0.481 e. The van der Waals surface area contributed by atoms with Crippen LogP contribution in [0.1, 0.15) is 32.6 Å². The van der Waals surface area contributed by atoms with Gasteiger partial charge in [-0.2, -0.15) is 0 Å². The molecule has 0 rings (SSSR count). The zero-order chi connectivity index (χ0) is 13.8. The Balaban J connectivity index is 3.83. The number of carboxylic acids is 2. The number of hydrogen-bond acceptors (Lipinski definition) is 4. The van der Waals surface area contributed by atoms with E-state index in [4.69, 9.17) is 14.9 Å². The number of carbonyl (C=O) groups is 2. The van der Waals surface area contributed by atoms with Gasteiger partial charge in [0.2, 0.25) is 0 Å². The largest absolute Gasteiger partial charge is 0.481 e. The summed E-state index contributed by atoms with van der Waals surface area (Å²) in [6, 6.07) is 0. The van der Waals surface area contributed by atoms with Crippen molar-refractivity contribution >= 4 is 11.9 Å². The first-order valence-electron chi connectivity index (χ1n) is 6.30. The molecule has 0 fully saturated rings. The monoisotopic (exact) mass is 261 g/mol. The molecule has 0 saturated heterocycles. The average Bonchev–Trinajstić information content (AvgIpc) is 2.30. The Morgan fingerprint density at radius 1 is 1.00 bits per heavy atom. The topological polar surface area (TPSA) is 87.1 Å². The molecule has 0 heterocycles. The maximum atomic E-state index is 10.5. The summed E-state index contributed by atoms with van der Waals surface area (Å²) in [6.45, 7) is 5.07. The number of ether oxygens (including phenoxy) is 1. The molecule has 18 heavy (non-hydrogen) atoms. The Kier molecular flexibility index (Phi) is 10.3. The van der Waals surface area contributed by atoms with Crippen molar-refractivity contribution in [2.24, 2.45) is 0 Å². The lowest BCUT2D eigenvalue weighted by Gasteiger charge is -2.21. The molecule has 6 heteroatoms. The second-order valence-corrected chi connectivity index (χ2v) is 4.03. The molecule has 0 aliphatic rings. The molecule has 0 aliphatic carbocycles. The van der Waals surface area contributed by atoms with Crippen LogP contribution < -0.4 is 0 Å². The lowest BCUT2D eigenvalue weighted by molar-refractivity contribution is -0.138. The van der Waals surface area contributed by atoms with Crippen molar-refractivity contribution in [3.8, 4) is 0 Å². The summed E-state index contributed by atoms with van der Waals surface area (Å²) in [5.74, 6) is -1.65. The normalized spacial score (nSPS) is 10.8. The first kappa shape index (κ1) is 16.9. The smallest absolute Gasteiger partial charge is 0.304 e. The lowest BCUT2D eigenvalue weighted by Crippen LogP contribution is -2.29. The fraction of sp³-hybridized carbons (Fsp3) is 0.833. The summed E-state index contributed by atoms with van der Waals surface area (Å²) >= 11 is 0. The lowest BCUT2D eigenvalue weighted by atomic mass is 10.2. The van der Waals surface area contributed by atoms with E-state index in [0.29, 0.717) is 32.7 Å². The van der Waals surface area contributed by atoms with Gasteiger partial charge in [-0.05, 0) is 26.3 Å². The molecule has 0 atom stereocenters. The molecule has 0 aromatic heterocycles. The predicted octanol–water partition coefficient (Wildman–Crippen LogP) is 1.05. The second kappa shape index (κ2) is 11.0. The van der Waals surface area contributed by atoms with Crippen LogP contribution in [0.5, 0.6) is 0 Å². The summed E-state index contributed by atoms with van der Waals surface area (Å²) in [5.41, 5.74) is 0. The van der Waals surface area contributed by atoms with Crippen LogP contribution in [0.4, 0.5) is 0 Å². The minimum atomic E-state index is -0.831. The summed E-state index contributed by atoms with van der Waals surface area (Å²) in [6.07, 6.45) is 1.58. The van der Waals surface area contributed by atoms with Crippen LogP contribution in [0, 0.1) is 0 Å². The summed E-state index contributed by atoms with van der Waals surface area (Å²) < 4.78 is 5.22. The number of aliphatic carboxylic acids is 2. The highest BCUT2D eigenvalue weighted by Crippen LogP contribution is 2.00. The number of hydrogen-bond donors (Lipinski definition) is 2. The van der Waals surface area contributed by atoms with Crippen molar-refractivity contribution in [2.45, 2.75) is 32.6 Å². The van der Waals surface area contributed by atoms with Crippen molar-refractivity contribution in [1.82, 2.24) is 4.90 Å². The van der Waals surface area contributed by atoms with Gasteiger partial charge in [0.05, 0.1) is 6.42 Å². The molecule has 0 aliphatic heterocycles. The van der Waals surface area contributed by atoms with E-state index in [9.17, 15) is 9.59 Å². The zero-order valence-corrected chi connectivity index (χ0v) is 10.9. The Bertz CT molecular complexity index is 245. The summed E-state index contributed by atoms with van der Waals surface area (Å²) in [5, 5.41) is 17.2. The Morgan fingerprint density at radius 2 is 1.61 bits per heavy atom. The third kappa shape index (κ3) is 11.3. The van der Waals surface area contributed by atoms with Gasteiger partial charge < -0.3 is 19.8 Å². The van der Waals surface area contributed by atoms with Crippen LogP contribution >= 0.6 is 0 Å². The van der Waals surface area contributed by atoms with Crippen LogP contribution in [0.2, 0.25) is 0 Å². The van der Waals surface area contributed by atoms with E-state index in [1.54, 1.807) is 0 Å². The summed E-state index contributed by atoms with van der Waals surface area (Å²) in [7, 11) is 0. The molecule has 2 N–H and O–H groups in total. The van der Waals surface area contributed by atoms with E-state index < -0.39 is 11.9 Å². The van der Waals surface area contributed by atoms with Gasteiger partial charge in [-0.1, -0.05) is 0 Å². The van der Waals surface area contributed by atoms with E-state index in [2.05, 4.69) is 0 Å². The molecule has 0 aromatic carbocycles. The third-order valence-corrected chi connectivity index (χ3v) is 2.47. The first-order valence-corrected chi connectivity index (χ1v) is 6.30. The Morgan fingerprint density at radius 3 is 2.17 bits per heavy atom. The number of rotatable bonds is 12. The average molecular weight is 261 g/mol. The van der Waals surface area contributed by atoms with Gasteiger partial charge in [0.1, 0.15) is 0 Å². The molecule has 0 aromatic rings. The highest BCUT2D eigenvalue weighted by Gasteiger charge is 2.08. The molecule has 0 spiro atoms. The van der Waals surface area contributed by atoms with Crippen molar-refractivity contribution in [3.05, 3.63) is 0 Å². The quantitative estimate of drug-likeness (QED) is 0.511. The zero-order valence-electron chi connectivity index (χ0n) is 10.9. The fourth-order valence-electron chi connectivity index (χ4n) is 1.58. The van der Waals surface area contributed by atoms with Crippen molar-refractivity contribution in [3.63, 3.8) is 0 Å². The van der Waals surface area contributed by atoms with Gasteiger partial charge in [-0.25, -0.2) is 0 Å². The Labute approximate surface area is 108 Å². The van der Waals surface area contributed by atoms with Gasteiger partial charge >= 0.3 is 11.9 Å². The molecule has 0 unspecified atom stereocenters. The van der Waals surface area contributed by atoms with Crippen LogP contribution in [-0.2, 0) is 14.3 Å². The van der Waals surface area contributed by atoms with Crippen LogP contribution in [-0.4, -0.2) is 59.9 Å². The third-order valence-electron chi connectivity index (χ3n) is 2.47. The summed E-state index contributed by atoms with van der Waals surface area (Å²) in [4.78, 5) is 22.9. The van der Waals surface area contributed by atoms with E-state index >= 15 is 0 Å². The van der Waals surface area contributed by atoms with E-state index in [0.717, 1.165) is 13.0 Å². The van der Waals surface area contributed by atoms with Gasteiger partial charge in [0, 0.05) is 32.7 Å². The van der Waals surface area contributed by atoms with E-state index in [1.807, 2.05) is 11.8 Å². The van der Waals surface area contributed by atoms with Crippen molar-refractivity contribution < 1.29 is 24.5 Å². The highest BCUT2D eigenvalue weighted by atomic mass is 16.5. The Hall–Kier alpha value is -1.14. The standard InChI is InChI=1S/C12H23NO5/c1-2-18-10-4-8-13(9-6-12(16)17)7-3-5-11(14)15/h2-10H2,1H3,(H,14,15)(H,16,17). The highest BCUT2D eigenvalue weighted by molar-refractivity contribution is 5.67. The predicted molar refractivity (Wildman–Crippen MR) is 66.7 cm³/mol. The first-order chi connectivity index (χ1) is 8.56. The van der Waals surface area contributed by atoms with Crippen LogP contribution in [0.3, 0.4) is 0 Å². The molecular weight excluding hydrogens is 238 g/mol. The minimum absolute atomic E-state index is 0.0850. The van der Waals surface area contributed by atoms with Gasteiger partial charge in [0.25, 0.3) is 0 Å². The molecule has 0 bridgehead atoms.